The van der Waals surface area contributed by atoms with Crippen molar-refractivity contribution in [3.05, 3.63) is 59.7 Å². The minimum absolute atomic E-state index is 0.133. The number of thioether (sulfide) groups is 1. The Labute approximate surface area is 166 Å². The summed E-state index contributed by atoms with van der Waals surface area (Å²) >= 11 is 1.73. The van der Waals surface area contributed by atoms with E-state index in [0.717, 1.165) is 60.9 Å². The minimum Gasteiger partial charge on any atom is -0.396 e. The van der Waals surface area contributed by atoms with Crippen molar-refractivity contribution >= 4 is 17.7 Å². The second-order valence-corrected chi connectivity index (χ2v) is 7.88. The number of hydrogen-bond donors (Lipinski definition) is 1. The van der Waals surface area contributed by atoms with E-state index in [1.807, 2.05) is 29.2 Å². The number of amides is 1. The first-order chi connectivity index (χ1) is 13.2. The van der Waals surface area contributed by atoms with Crippen molar-refractivity contribution in [3.8, 4) is 11.1 Å². The molecule has 1 aliphatic heterocycles. The van der Waals surface area contributed by atoms with Gasteiger partial charge in [-0.15, -0.1) is 0 Å². The second-order valence-electron chi connectivity index (χ2n) is 6.78. The molecule has 1 fully saturated rings. The lowest BCUT2D eigenvalue weighted by Gasteiger charge is -2.34. The van der Waals surface area contributed by atoms with Crippen LogP contribution in [0.5, 0.6) is 0 Å². The van der Waals surface area contributed by atoms with Crippen LogP contribution in [0.4, 0.5) is 0 Å². The number of benzene rings is 2. The molecule has 2 aromatic carbocycles. The average molecular weight is 385 g/mol. The number of aliphatic hydroxyl groups excluding tert-OH is 1. The van der Waals surface area contributed by atoms with Gasteiger partial charge in [-0.2, -0.15) is 11.8 Å². The normalized spacial score (nSPS) is 15.1. The number of carbonyl (C=O) groups excluding carboxylic acids is 1. The Morgan fingerprint density at radius 2 is 1.56 bits per heavy atom. The number of carbonyl (C=O) groups is 1. The van der Waals surface area contributed by atoms with Crippen molar-refractivity contribution in [2.75, 3.05) is 45.1 Å². The topological polar surface area (TPSA) is 43.8 Å². The highest BCUT2D eigenvalue weighted by atomic mass is 32.2. The van der Waals surface area contributed by atoms with Gasteiger partial charge in [0.05, 0.1) is 6.61 Å². The van der Waals surface area contributed by atoms with Gasteiger partial charge in [0.1, 0.15) is 0 Å². The standard InChI is InChI=1S/C22H28N2O2S/c1-2-23-11-13-24(14-12-23)22(26)21-9-7-20(8-10-21)19-5-3-18(4-6-19)17-27-16-15-25/h3-10,25H,2,11-17H2,1H3. The fourth-order valence-electron chi connectivity index (χ4n) is 3.30. The van der Waals surface area contributed by atoms with E-state index in [9.17, 15) is 4.79 Å². The highest BCUT2D eigenvalue weighted by Gasteiger charge is 2.21. The number of piperazine rings is 1. The van der Waals surface area contributed by atoms with Crippen molar-refractivity contribution in [1.29, 1.82) is 0 Å². The van der Waals surface area contributed by atoms with Gasteiger partial charge in [0.15, 0.2) is 0 Å². The third kappa shape index (κ3) is 5.34. The van der Waals surface area contributed by atoms with Crippen molar-refractivity contribution in [1.82, 2.24) is 9.80 Å². The number of likely N-dealkylation sites (N-methyl/N-ethyl adjacent to an activating group) is 1. The first-order valence-corrected chi connectivity index (χ1v) is 10.8. The van der Waals surface area contributed by atoms with Gasteiger partial charge >= 0.3 is 0 Å². The first-order valence-electron chi connectivity index (χ1n) is 9.61. The third-order valence-corrected chi connectivity index (χ3v) is 6.04. The molecule has 4 nitrogen and oxygen atoms in total. The zero-order valence-electron chi connectivity index (χ0n) is 15.9. The van der Waals surface area contributed by atoms with Crippen LogP contribution in [0.1, 0.15) is 22.8 Å². The van der Waals surface area contributed by atoms with Crippen molar-refractivity contribution in [2.24, 2.45) is 0 Å². The van der Waals surface area contributed by atoms with E-state index < -0.39 is 0 Å². The molecule has 0 atom stereocenters. The molecule has 0 spiro atoms. The van der Waals surface area contributed by atoms with Crippen LogP contribution < -0.4 is 0 Å². The highest BCUT2D eigenvalue weighted by Crippen LogP contribution is 2.22. The molecule has 0 bridgehead atoms. The zero-order chi connectivity index (χ0) is 19.1. The summed E-state index contributed by atoms with van der Waals surface area (Å²) in [5, 5.41) is 8.85. The Kier molecular flexibility index (Phi) is 7.33. The fraction of sp³-hybridized carbons (Fsp3) is 0.409. The molecule has 1 saturated heterocycles. The molecular formula is C22H28N2O2S. The van der Waals surface area contributed by atoms with E-state index in [1.165, 1.54) is 5.56 Å². The molecular weight excluding hydrogens is 356 g/mol. The largest absolute Gasteiger partial charge is 0.396 e. The Hall–Kier alpha value is -1.82. The molecule has 0 aliphatic carbocycles. The van der Waals surface area contributed by atoms with Crippen LogP contribution >= 0.6 is 11.8 Å². The molecule has 0 aromatic heterocycles. The Morgan fingerprint density at radius 1 is 0.963 bits per heavy atom. The van der Waals surface area contributed by atoms with Crippen LogP contribution in [0.25, 0.3) is 11.1 Å². The van der Waals surface area contributed by atoms with Gasteiger partial charge in [0, 0.05) is 43.2 Å². The molecule has 1 amide bonds. The summed E-state index contributed by atoms with van der Waals surface area (Å²) in [6.45, 7) is 6.98. The molecule has 1 aliphatic rings. The summed E-state index contributed by atoms with van der Waals surface area (Å²) in [6.07, 6.45) is 0. The summed E-state index contributed by atoms with van der Waals surface area (Å²) in [5.41, 5.74) is 4.30. The maximum Gasteiger partial charge on any atom is 0.253 e. The summed E-state index contributed by atoms with van der Waals surface area (Å²) in [4.78, 5) is 17.0. The van der Waals surface area contributed by atoms with E-state index >= 15 is 0 Å². The summed E-state index contributed by atoms with van der Waals surface area (Å²) in [6, 6.07) is 16.4. The van der Waals surface area contributed by atoms with Crippen LogP contribution in [-0.2, 0) is 5.75 Å². The van der Waals surface area contributed by atoms with Crippen LogP contribution in [0.3, 0.4) is 0 Å². The maximum absolute atomic E-state index is 12.7. The number of aliphatic hydroxyl groups is 1. The molecule has 27 heavy (non-hydrogen) atoms. The number of rotatable bonds is 7. The predicted molar refractivity (Wildman–Crippen MR) is 113 cm³/mol. The Balaban J connectivity index is 1.60. The second kappa shape index (κ2) is 9.93. The van der Waals surface area contributed by atoms with E-state index in [2.05, 4.69) is 36.1 Å². The monoisotopic (exact) mass is 384 g/mol. The van der Waals surface area contributed by atoms with Crippen LogP contribution in [0, 0.1) is 0 Å². The minimum atomic E-state index is 0.133. The average Bonchev–Trinajstić information content (AvgIpc) is 2.74. The van der Waals surface area contributed by atoms with E-state index in [4.69, 9.17) is 5.11 Å². The van der Waals surface area contributed by atoms with Crippen LogP contribution in [0.2, 0.25) is 0 Å². The van der Waals surface area contributed by atoms with E-state index in [0.29, 0.717) is 0 Å². The van der Waals surface area contributed by atoms with Gasteiger partial charge in [0.25, 0.3) is 5.91 Å². The van der Waals surface area contributed by atoms with Crippen molar-refractivity contribution in [2.45, 2.75) is 12.7 Å². The number of hydrogen-bond acceptors (Lipinski definition) is 4. The Morgan fingerprint density at radius 3 is 2.11 bits per heavy atom. The lowest BCUT2D eigenvalue weighted by atomic mass is 10.0. The Bertz CT molecular complexity index is 723. The lowest BCUT2D eigenvalue weighted by Crippen LogP contribution is -2.48. The summed E-state index contributed by atoms with van der Waals surface area (Å²) < 4.78 is 0. The zero-order valence-corrected chi connectivity index (χ0v) is 16.8. The maximum atomic E-state index is 12.7. The summed E-state index contributed by atoms with van der Waals surface area (Å²) in [5.74, 6) is 1.82. The molecule has 0 saturated carbocycles. The SMILES string of the molecule is CCN1CCN(C(=O)c2ccc(-c3ccc(CSCCO)cc3)cc2)CC1. The van der Waals surface area contributed by atoms with Crippen molar-refractivity contribution < 1.29 is 9.90 Å². The molecule has 1 heterocycles. The first kappa shape index (κ1) is 19.9. The lowest BCUT2D eigenvalue weighted by molar-refractivity contribution is 0.0643. The highest BCUT2D eigenvalue weighted by molar-refractivity contribution is 7.98. The fourth-order valence-corrected chi connectivity index (χ4v) is 4.00. The van der Waals surface area contributed by atoms with E-state index in [-0.39, 0.29) is 12.5 Å². The molecule has 144 valence electrons. The van der Waals surface area contributed by atoms with Gasteiger partial charge in [-0.1, -0.05) is 43.3 Å². The smallest absolute Gasteiger partial charge is 0.253 e. The predicted octanol–water partition coefficient (Wildman–Crippen LogP) is 3.36. The summed E-state index contributed by atoms with van der Waals surface area (Å²) in [7, 11) is 0. The molecule has 3 rings (SSSR count). The van der Waals surface area contributed by atoms with Crippen LogP contribution in [0.15, 0.2) is 48.5 Å². The van der Waals surface area contributed by atoms with Crippen molar-refractivity contribution in [3.63, 3.8) is 0 Å². The molecule has 1 N–H and O–H groups in total. The van der Waals surface area contributed by atoms with E-state index in [1.54, 1.807) is 11.8 Å². The van der Waals surface area contributed by atoms with Crippen LogP contribution in [-0.4, -0.2) is 65.9 Å². The molecule has 0 unspecified atom stereocenters. The van der Waals surface area contributed by atoms with Gasteiger partial charge in [-0.05, 0) is 35.4 Å². The number of nitrogens with zero attached hydrogens (tertiary/aromatic N) is 2. The third-order valence-electron chi connectivity index (χ3n) is 5.03. The quantitative estimate of drug-likeness (QED) is 0.744. The van der Waals surface area contributed by atoms with Gasteiger partial charge in [-0.25, -0.2) is 0 Å². The van der Waals surface area contributed by atoms with Gasteiger partial charge in [0.2, 0.25) is 0 Å². The molecule has 2 aromatic rings. The molecule has 0 radical (unpaired) electrons. The molecule has 5 heteroatoms. The van der Waals surface area contributed by atoms with Gasteiger partial charge in [-0.3, -0.25) is 4.79 Å². The van der Waals surface area contributed by atoms with Gasteiger partial charge < -0.3 is 14.9 Å².